The lowest BCUT2D eigenvalue weighted by Crippen LogP contribution is -2.53. The molecule has 1 aromatic carbocycles. The van der Waals surface area contributed by atoms with Gasteiger partial charge in [-0.25, -0.2) is 0 Å². The average molecular weight is 429 g/mol. The molecule has 3 aromatic rings. The van der Waals surface area contributed by atoms with Gasteiger partial charge in [0.25, 0.3) is 11.8 Å². The molecule has 1 unspecified atom stereocenters. The Bertz CT molecular complexity index is 1310. The summed E-state index contributed by atoms with van der Waals surface area (Å²) in [6.07, 6.45) is 3.17. The molecule has 8 nitrogen and oxygen atoms in total. The number of hydrogen-bond acceptors (Lipinski definition) is 6. The summed E-state index contributed by atoms with van der Waals surface area (Å²) in [4.78, 5) is 47.4. The van der Waals surface area contributed by atoms with E-state index in [0.29, 0.717) is 22.6 Å². The summed E-state index contributed by atoms with van der Waals surface area (Å²) in [6, 6.07) is 13.5. The van der Waals surface area contributed by atoms with Crippen LogP contribution in [-0.2, 0) is 21.7 Å². The predicted octanol–water partition coefficient (Wildman–Crippen LogP) is 2.89. The standard InChI is InChI=1S/C24H19N3O5/c1-14-9-10-18(32-14)20(28)19-21(29)22(30)27(13-15-6-5-11-25-12-15)24(19)16-7-3-4-8-17(16)26(2)23(24)31/h3-12,29H,13H2,1-2H3. The van der Waals surface area contributed by atoms with Crippen LogP contribution in [0, 0.1) is 6.92 Å². The molecule has 1 spiro atoms. The molecule has 160 valence electrons. The highest BCUT2D eigenvalue weighted by molar-refractivity contribution is 6.25. The minimum absolute atomic E-state index is 0.0292. The zero-order valence-corrected chi connectivity index (χ0v) is 17.4. The van der Waals surface area contributed by atoms with E-state index in [0.717, 1.165) is 0 Å². The predicted molar refractivity (Wildman–Crippen MR) is 114 cm³/mol. The number of benzene rings is 1. The van der Waals surface area contributed by atoms with Gasteiger partial charge in [0, 0.05) is 37.2 Å². The maximum Gasteiger partial charge on any atom is 0.290 e. The Labute approximate surface area is 183 Å². The van der Waals surface area contributed by atoms with Gasteiger partial charge in [0.2, 0.25) is 5.78 Å². The number of likely N-dealkylation sites (N-methyl/N-ethyl adjacent to an activating group) is 1. The Hall–Kier alpha value is -4.20. The van der Waals surface area contributed by atoms with Crippen LogP contribution in [0.25, 0.3) is 0 Å². The number of aromatic nitrogens is 1. The van der Waals surface area contributed by atoms with Gasteiger partial charge in [-0.1, -0.05) is 24.3 Å². The molecular formula is C24H19N3O5. The number of para-hydroxylation sites is 1. The number of aliphatic hydroxyl groups excluding tert-OH is 1. The number of carbonyl (C=O) groups excluding carboxylic acids is 3. The van der Waals surface area contributed by atoms with E-state index in [2.05, 4.69) is 4.98 Å². The molecule has 1 N–H and O–H groups in total. The van der Waals surface area contributed by atoms with Crippen molar-refractivity contribution in [1.29, 1.82) is 0 Å². The van der Waals surface area contributed by atoms with E-state index in [1.807, 2.05) is 0 Å². The lowest BCUT2D eigenvalue weighted by molar-refractivity contribution is -0.140. The molecule has 5 rings (SSSR count). The number of aryl methyl sites for hydroxylation is 1. The van der Waals surface area contributed by atoms with Crippen molar-refractivity contribution >= 4 is 23.3 Å². The first kappa shape index (κ1) is 19.7. The van der Waals surface area contributed by atoms with Crippen molar-refractivity contribution in [1.82, 2.24) is 9.88 Å². The molecule has 0 saturated carbocycles. The fourth-order valence-corrected chi connectivity index (χ4v) is 4.55. The molecule has 2 aliphatic rings. The topological polar surface area (TPSA) is 104 Å². The van der Waals surface area contributed by atoms with Crippen molar-refractivity contribution in [3.05, 3.63) is 94.9 Å². The molecule has 0 aliphatic carbocycles. The van der Waals surface area contributed by atoms with E-state index in [4.69, 9.17) is 4.42 Å². The highest BCUT2D eigenvalue weighted by Gasteiger charge is 2.65. The Morgan fingerprint density at radius 1 is 1.12 bits per heavy atom. The van der Waals surface area contributed by atoms with Gasteiger partial charge in [0.15, 0.2) is 17.1 Å². The number of carbonyl (C=O) groups is 3. The summed E-state index contributed by atoms with van der Waals surface area (Å²) in [6.45, 7) is 1.65. The number of furan rings is 1. The van der Waals surface area contributed by atoms with E-state index in [1.54, 1.807) is 68.8 Å². The van der Waals surface area contributed by atoms with Crippen LogP contribution in [0.5, 0.6) is 0 Å². The zero-order valence-electron chi connectivity index (χ0n) is 17.4. The van der Waals surface area contributed by atoms with Crippen molar-refractivity contribution in [2.75, 3.05) is 11.9 Å². The van der Waals surface area contributed by atoms with Gasteiger partial charge in [-0.15, -0.1) is 0 Å². The van der Waals surface area contributed by atoms with Crippen LogP contribution in [-0.4, -0.2) is 39.6 Å². The Kier molecular flexibility index (Phi) is 4.27. The van der Waals surface area contributed by atoms with Crippen molar-refractivity contribution < 1.29 is 23.9 Å². The quantitative estimate of drug-likeness (QED) is 0.640. The van der Waals surface area contributed by atoms with E-state index >= 15 is 0 Å². The number of Topliss-reactive ketones (excluding diaryl/α,β-unsaturated/α-hetero) is 1. The first-order valence-electron chi connectivity index (χ1n) is 10.0. The molecule has 1 atom stereocenters. The van der Waals surface area contributed by atoms with Crippen LogP contribution in [0.15, 0.2) is 76.7 Å². The van der Waals surface area contributed by atoms with E-state index in [9.17, 15) is 19.5 Å². The van der Waals surface area contributed by atoms with Gasteiger partial charge < -0.3 is 19.3 Å². The van der Waals surface area contributed by atoms with Gasteiger partial charge in [-0.05, 0) is 36.8 Å². The fraction of sp³-hybridized carbons (Fsp3) is 0.167. The molecule has 2 aliphatic heterocycles. The smallest absolute Gasteiger partial charge is 0.290 e. The van der Waals surface area contributed by atoms with Crippen molar-refractivity contribution in [2.24, 2.45) is 0 Å². The monoisotopic (exact) mass is 429 g/mol. The van der Waals surface area contributed by atoms with E-state index in [1.165, 1.54) is 15.9 Å². The number of amides is 2. The molecule has 2 amide bonds. The summed E-state index contributed by atoms with van der Waals surface area (Å²) in [5, 5.41) is 10.9. The number of hydrogen-bond donors (Lipinski definition) is 1. The van der Waals surface area contributed by atoms with Crippen LogP contribution in [0.4, 0.5) is 5.69 Å². The number of pyridine rings is 1. The van der Waals surface area contributed by atoms with E-state index in [-0.39, 0.29) is 17.9 Å². The maximum absolute atomic E-state index is 13.8. The molecule has 0 bridgehead atoms. The molecule has 0 saturated heterocycles. The summed E-state index contributed by atoms with van der Waals surface area (Å²) in [5.41, 5.74) is -0.476. The van der Waals surface area contributed by atoms with Gasteiger partial charge in [-0.2, -0.15) is 0 Å². The third-order valence-electron chi connectivity index (χ3n) is 5.98. The summed E-state index contributed by atoms with van der Waals surface area (Å²) in [7, 11) is 1.58. The molecule has 0 radical (unpaired) electrons. The van der Waals surface area contributed by atoms with Crippen LogP contribution in [0.2, 0.25) is 0 Å². The van der Waals surface area contributed by atoms with Crippen molar-refractivity contribution in [2.45, 2.75) is 19.0 Å². The fourth-order valence-electron chi connectivity index (χ4n) is 4.55. The number of aliphatic hydroxyl groups is 1. The maximum atomic E-state index is 13.8. The summed E-state index contributed by atoms with van der Waals surface area (Å²) >= 11 is 0. The summed E-state index contributed by atoms with van der Waals surface area (Å²) in [5.74, 6) is -2.35. The van der Waals surface area contributed by atoms with Crippen LogP contribution >= 0.6 is 0 Å². The number of fused-ring (bicyclic) bond motifs is 2. The first-order chi connectivity index (χ1) is 15.4. The Balaban J connectivity index is 1.77. The molecule has 2 aromatic heterocycles. The third kappa shape index (κ3) is 2.49. The second kappa shape index (κ2) is 6.91. The highest BCUT2D eigenvalue weighted by Crippen LogP contribution is 2.53. The van der Waals surface area contributed by atoms with E-state index < -0.39 is 28.9 Å². The number of rotatable bonds is 4. The third-order valence-corrected chi connectivity index (χ3v) is 5.98. The summed E-state index contributed by atoms with van der Waals surface area (Å²) < 4.78 is 5.49. The second-order valence-corrected chi connectivity index (χ2v) is 7.81. The van der Waals surface area contributed by atoms with Crippen LogP contribution < -0.4 is 4.90 Å². The van der Waals surface area contributed by atoms with Crippen LogP contribution in [0.3, 0.4) is 0 Å². The average Bonchev–Trinajstić information content (AvgIpc) is 3.40. The largest absolute Gasteiger partial charge is 0.503 e. The van der Waals surface area contributed by atoms with Gasteiger partial charge >= 0.3 is 0 Å². The SMILES string of the molecule is Cc1ccc(C(=O)C2=C(O)C(=O)N(Cc3cccnc3)C23C(=O)N(C)c2ccccc23)o1. The second-order valence-electron chi connectivity index (χ2n) is 7.81. The molecule has 32 heavy (non-hydrogen) atoms. The minimum atomic E-state index is -1.82. The van der Waals surface area contributed by atoms with Crippen molar-refractivity contribution in [3.63, 3.8) is 0 Å². The van der Waals surface area contributed by atoms with Gasteiger partial charge in [-0.3, -0.25) is 19.4 Å². The zero-order chi connectivity index (χ0) is 22.6. The number of ketones is 1. The Morgan fingerprint density at radius 3 is 2.59 bits per heavy atom. The lowest BCUT2D eigenvalue weighted by Gasteiger charge is -2.35. The minimum Gasteiger partial charge on any atom is -0.503 e. The van der Waals surface area contributed by atoms with Gasteiger partial charge in [0.1, 0.15) is 5.76 Å². The normalized spacial score (nSPS) is 19.9. The molecular weight excluding hydrogens is 410 g/mol. The molecule has 4 heterocycles. The van der Waals surface area contributed by atoms with Crippen LogP contribution in [0.1, 0.15) is 27.4 Å². The Morgan fingerprint density at radius 2 is 1.91 bits per heavy atom. The number of nitrogens with zero attached hydrogens (tertiary/aromatic N) is 3. The molecule has 8 heteroatoms. The highest BCUT2D eigenvalue weighted by atomic mass is 16.3. The first-order valence-corrected chi connectivity index (χ1v) is 10.0. The molecule has 0 fully saturated rings. The number of anilines is 1. The van der Waals surface area contributed by atoms with Gasteiger partial charge in [0.05, 0.1) is 5.57 Å². The lowest BCUT2D eigenvalue weighted by atomic mass is 9.81. The van der Waals surface area contributed by atoms with Crippen molar-refractivity contribution in [3.8, 4) is 0 Å².